The van der Waals surface area contributed by atoms with Crippen LogP contribution in [0.1, 0.15) is 41.1 Å². The molecular formula is C20H23NO5S2. The van der Waals surface area contributed by atoms with Crippen molar-refractivity contribution in [3.8, 4) is 0 Å². The molecule has 0 radical (unpaired) electrons. The van der Waals surface area contributed by atoms with Gasteiger partial charge in [-0.3, -0.25) is 4.79 Å². The van der Waals surface area contributed by atoms with Gasteiger partial charge in [-0.2, -0.15) is 0 Å². The van der Waals surface area contributed by atoms with Gasteiger partial charge in [-0.1, -0.05) is 25.1 Å². The molecule has 0 aliphatic heterocycles. The van der Waals surface area contributed by atoms with Gasteiger partial charge in [0.25, 0.3) is 0 Å². The summed E-state index contributed by atoms with van der Waals surface area (Å²) < 4.78 is 30.1. The normalized spacial score (nSPS) is 16.3. The molecule has 0 spiro atoms. The van der Waals surface area contributed by atoms with Gasteiger partial charge in [0.15, 0.2) is 9.84 Å². The Morgan fingerprint density at radius 2 is 1.96 bits per heavy atom. The van der Waals surface area contributed by atoms with E-state index >= 15 is 0 Å². The van der Waals surface area contributed by atoms with Crippen LogP contribution < -0.4 is 5.32 Å². The number of benzene rings is 1. The Labute approximate surface area is 168 Å². The van der Waals surface area contributed by atoms with Crippen molar-refractivity contribution < 1.29 is 22.7 Å². The van der Waals surface area contributed by atoms with Crippen LogP contribution in [0.2, 0.25) is 0 Å². The summed E-state index contributed by atoms with van der Waals surface area (Å²) in [5.41, 5.74) is 1.29. The van der Waals surface area contributed by atoms with Gasteiger partial charge in [0.1, 0.15) is 10.8 Å². The third-order valence-corrected chi connectivity index (χ3v) is 7.47. The summed E-state index contributed by atoms with van der Waals surface area (Å²) in [4.78, 5) is 26.1. The van der Waals surface area contributed by atoms with Crippen molar-refractivity contribution in [2.75, 3.05) is 17.7 Å². The van der Waals surface area contributed by atoms with Crippen LogP contribution in [0.25, 0.3) is 0 Å². The van der Waals surface area contributed by atoms with Gasteiger partial charge >= 0.3 is 5.97 Å². The van der Waals surface area contributed by atoms with Crippen LogP contribution in [0, 0.1) is 5.92 Å². The van der Waals surface area contributed by atoms with E-state index in [0.29, 0.717) is 16.5 Å². The third-order valence-electron chi connectivity index (χ3n) is 4.67. The maximum absolute atomic E-state index is 12.5. The van der Waals surface area contributed by atoms with Crippen LogP contribution in [-0.2, 0) is 32.2 Å². The molecule has 1 N–H and O–H groups in total. The molecule has 1 aliphatic carbocycles. The van der Waals surface area contributed by atoms with E-state index in [-0.39, 0.29) is 11.5 Å². The number of anilines is 1. The summed E-state index contributed by atoms with van der Waals surface area (Å²) in [5.74, 6) is -1.32. The number of amides is 1. The second-order valence-electron chi connectivity index (χ2n) is 6.90. The van der Waals surface area contributed by atoms with Gasteiger partial charge in [0.2, 0.25) is 5.91 Å². The molecule has 2 aromatic rings. The van der Waals surface area contributed by atoms with E-state index < -0.39 is 27.5 Å². The predicted molar refractivity (Wildman–Crippen MR) is 109 cm³/mol. The topological polar surface area (TPSA) is 89.5 Å². The van der Waals surface area contributed by atoms with Gasteiger partial charge < -0.3 is 10.1 Å². The second-order valence-corrected chi connectivity index (χ2v) is 9.99. The average Bonchev–Trinajstić information content (AvgIpc) is 2.98. The zero-order chi connectivity index (χ0) is 20.3. The first-order valence-electron chi connectivity index (χ1n) is 9.21. The van der Waals surface area contributed by atoms with Gasteiger partial charge in [0, 0.05) is 4.88 Å². The maximum atomic E-state index is 12.5. The minimum atomic E-state index is -3.76. The van der Waals surface area contributed by atoms with E-state index in [1.54, 1.807) is 25.1 Å². The number of carbonyl (C=O) groups excluding carboxylic acids is 2. The minimum Gasteiger partial charge on any atom is -0.462 e. The van der Waals surface area contributed by atoms with E-state index in [9.17, 15) is 18.0 Å². The summed E-state index contributed by atoms with van der Waals surface area (Å²) >= 11 is 1.34. The monoisotopic (exact) mass is 421 g/mol. The number of nitrogens with one attached hydrogen (secondary N) is 1. The minimum absolute atomic E-state index is 0.0927. The Morgan fingerprint density at radius 3 is 2.64 bits per heavy atom. The zero-order valence-corrected chi connectivity index (χ0v) is 17.5. The standard InChI is InChI=1S/C20H23NO5S2/c1-3-26-20(23)18-15-10-9-13(2)11-16(15)27-19(18)21-17(22)12-28(24,25)14-7-5-4-6-8-14/h4-8,13H,3,9-12H2,1-2H3,(H,21,22)/t13-/m0/s1. The molecule has 0 bridgehead atoms. The Bertz CT molecular complexity index is 980. The molecule has 1 atom stereocenters. The molecule has 0 saturated carbocycles. The van der Waals surface area contributed by atoms with Crippen molar-refractivity contribution in [1.82, 2.24) is 0 Å². The lowest BCUT2D eigenvalue weighted by Crippen LogP contribution is -2.23. The van der Waals surface area contributed by atoms with Crippen LogP contribution in [-0.4, -0.2) is 32.7 Å². The molecule has 150 valence electrons. The molecule has 1 aliphatic rings. The van der Waals surface area contributed by atoms with Crippen LogP contribution >= 0.6 is 11.3 Å². The molecule has 0 saturated heterocycles. The van der Waals surface area contributed by atoms with Crippen molar-refractivity contribution in [1.29, 1.82) is 0 Å². The molecule has 6 nitrogen and oxygen atoms in total. The molecule has 0 fully saturated rings. The van der Waals surface area contributed by atoms with Crippen molar-refractivity contribution in [3.05, 3.63) is 46.3 Å². The van der Waals surface area contributed by atoms with Gasteiger partial charge in [-0.15, -0.1) is 11.3 Å². The van der Waals surface area contributed by atoms with Crippen LogP contribution in [0.3, 0.4) is 0 Å². The molecule has 1 aromatic carbocycles. The van der Waals surface area contributed by atoms with Crippen molar-refractivity contribution in [2.45, 2.75) is 38.0 Å². The van der Waals surface area contributed by atoms with Crippen molar-refractivity contribution >= 4 is 38.1 Å². The number of thiophene rings is 1. The molecule has 1 amide bonds. The molecule has 8 heteroatoms. The number of ether oxygens (including phenoxy) is 1. The first-order chi connectivity index (χ1) is 13.3. The summed E-state index contributed by atoms with van der Waals surface area (Å²) in [6.45, 7) is 4.11. The number of esters is 1. The molecule has 0 unspecified atom stereocenters. The first kappa shape index (κ1) is 20.5. The number of hydrogen-bond donors (Lipinski definition) is 1. The van der Waals surface area contributed by atoms with Gasteiger partial charge in [-0.05, 0) is 49.8 Å². The SMILES string of the molecule is CCOC(=O)c1c(NC(=O)CS(=O)(=O)c2ccccc2)sc2c1CC[C@H](C)C2. The van der Waals surface area contributed by atoms with E-state index in [0.717, 1.165) is 29.7 Å². The Balaban J connectivity index is 1.85. The highest BCUT2D eigenvalue weighted by Crippen LogP contribution is 2.40. The fourth-order valence-electron chi connectivity index (χ4n) is 3.30. The number of carbonyl (C=O) groups is 2. The summed E-state index contributed by atoms with van der Waals surface area (Å²) in [6.07, 6.45) is 2.55. The number of rotatable bonds is 6. The van der Waals surface area contributed by atoms with E-state index in [2.05, 4.69) is 12.2 Å². The highest BCUT2D eigenvalue weighted by molar-refractivity contribution is 7.92. The maximum Gasteiger partial charge on any atom is 0.341 e. The van der Waals surface area contributed by atoms with Crippen molar-refractivity contribution in [3.63, 3.8) is 0 Å². The fraction of sp³-hybridized carbons (Fsp3) is 0.400. The van der Waals surface area contributed by atoms with Crippen LogP contribution in [0.5, 0.6) is 0 Å². The number of fused-ring (bicyclic) bond motifs is 1. The summed E-state index contributed by atoms with van der Waals surface area (Å²) in [5, 5.41) is 3.03. The third kappa shape index (κ3) is 4.44. The molecular weight excluding hydrogens is 398 g/mol. The Hall–Kier alpha value is -2.19. The highest BCUT2D eigenvalue weighted by Gasteiger charge is 2.30. The lowest BCUT2D eigenvalue weighted by atomic mass is 9.88. The first-order valence-corrected chi connectivity index (χ1v) is 11.7. The number of sulfone groups is 1. The van der Waals surface area contributed by atoms with Crippen LogP contribution in [0.15, 0.2) is 35.2 Å². The predicted octanol–water partition coefficient (Wildman–Crippen LogP) is 3.46. The number of hydrogen-bond acceptors (Lipinski definition) is 6. The average molecular weight is 422 g/mol. The molecule has 28 heavy (non-hydrogen) atoms. The Kier molecular flexibility index (Phi) is 6.20. The lowest BCUT2D eigenvalue weighted by Gasteiger charge is -2.18. The summed E-state index contributed by atoms with van der Waals surface area (Å²) in [6, 6.07) is 7.84. The van der Waals surface area contributed by atoms with Crippen LogP contribution in [0.4, 0.5) is 5.00 Å². The van der Waals surface area contributed by atoms with E-state index in [4.69, 9.17) is 4.74 Å². The fourth-order valence-corrected chi connectivity index (χ4v) is 5.88. The van der Waals surface area contributed by atoms with Gasteiger partial charge in [-0.25, -0.2) is 13.2 Å². The second kappa shape index (κ2) is 8.45. The summed E-state index contributed by atoms with van der Waals surface area (Å²) in [7, 11) is -3.76. The van der Waals surface area contributed by atoms with Gasteiger partial charge in [0.05, 0.1) is 17.1 Å². The molecule has 1 aromatic heterocycles. The smallest absolute Gasteiger partial charge is 0.341 e. The Morgan fingerprint density at radius 1 is 1.25 bits per heavy atom. The lowest BCUT2D eigenvalue weighted by molar-refractivity contribution is -0.113. The zero-order valence-electron chi connectivity index (χ0n) is 15.9. The van der Waals surface area contributed by atoms with E-state index in [1.807, 2.05) is 0 Å². The van der Waals surface area contributed by atoms with E-state index in [1.165, 1.54) is 23.5 Å². The quantitative estimate of drug-likeness (QED) is 0.722. The molecule has 3 rings (SSSR count). The largest absolute Gasteiger partial charge is 0.462 e. The highest BCUT2D eigenvalue weighted by atomic mass is 32.2. The molecule has 1 heterocycles. The van der Waals surface area contributed by atoms with Crippen molar-refractivity contribution in [2.24, 2.45) is 5.92 Å².